The van der Waals surface area contributed by atoms with Crippen LogP contribution in [0.5, 0.6) is 11.5 Å². The van der Waals surface area contributed by atoms with Crippen molar-refractivity contribution >= 4 is 23.3 Å². The number of anilines is 2. The van der Waals surface area contributed by atoms with Crippen molar-refractivity contribution in [1.82, 2.24) is 0 Å². The Kier molecular flexibility index (Phi) is 7.71. The molecular weight excluding hydrogens is 355 g/mol. The van der Waals surface area contributed by atoms with Gasteiger partial charge in [0.25, 0.3) is 0 Å². The van der Waals surface area contributed by atoms with Crippen LogP contribution in [-0.2, 0) is 9.59 Å². The maximum Gasteiger partial charge on any atom is 1.00 e. The van der Waals surface area contributed by atoms with Gasteiger partial charge >= 0.3 is 29.6 Å². The van der Waals surface area contributed by atoms with E-state index in [1.54, 1.807) is 48.5 Å². The van der Waals surface area contributed by atoms with E-state index in [1.807, 2.05) is 0 Å². The number of rotatable bonds is 5. The van der Waals surface area contributed by atoms with E-state index in [4.69, 9.17) is 10.5 Å². The molecule has 7 heteroatoms. The Labute approximate surface area is 180 Å². The molecule has 0 spiro atoms. The zero-order valence-corrected chi connectivity index (χ0v) is 17.3. The van der Waals surface area contributed by atoms with Crippen LogP contribution in [0.25, 0.3) is 0 Å². The molecule has 27 heavy (non-hydrogen) atoms. The number of hydrogen-bond donors (Lipinski definition) is 2. The average Bonchev–Trinajstić information content (AvgIpc) is 2.65. The molecule has 0 heterocycles. The van der Waals surface area contributed by atoms with E-state index in [-0.39, 0.29) is 35.5 Å². The minimum absolute atomic E-state index is 0. The quantitative estimate of drug-likeness (QED) is 0.544. The summed E-state index contributed by atoms with van der Waals surface area (Å²) in [5.41, 5.74) is 6.90. The third kappa shape index (κ3) is 5.73. The SMILES string of the molecule is Nc1ccc(Oc2ccc(NC(=O)[C@@H]3CCCC[C@@H]3C(=O)[O-])cc2)cc1.[Na+]. The first-order valence-electron chi connectivity index (χ1n) is 8.68. The summed E-state index contributed by atoms with van der Waals surface area (Å²) in [6.07, 6.45) is 2.74. The number of hydrogen-bond acceptors (Lipinski definition) is 5. The minimum Gasteiger partial charge on any atom is -0.550 e. The second-order valence-corrected chi connectivity index (χ2v) is 6.50. The molecule has 1 fully saturated rings. The van der Waals surface area contributed by atoms with Crippen molar-refractivity contribution < 1.29 is 49.0 Å². The number of ether oxygens (including phenoxy) is 1. The van der Waals surface area contributed by atoms with Crippen LogP contribution in [0.1, 0.15) is 25.7 Å². The van der Waals surface area contributed by atoms with Crippen molar-refractivity contribution in [3.8, 4) is 11.5 Å². The van der Waals surface area contributed by atoms with Crippen LogP contribution >= 0.6 is 0 Å². The molecule has 0 bridgehead atoms. The first-order chi connectivity index (χ1) is 12.5. The van der Waals surface area contributed by atoms with Crippen LogP contribution in [0, 0.1) is 11.8 Å². The normalized spacial score (nSPS) is 18.8. The zero-order chi connectivity index (χ0) is 18.5. The molecule has 0 aromatic heterocycles. The number of carboxylic acid groups (broad SMARTS) is 1. The first-order valence-corrected chi connectivity index (χ1v) is 8.68. The molecule has 0 aliphatic heterocycles. The second-order valence-electron chi connectivity index (χ2n) is 6.50. The fourth-order valence-electron chi connectivity index (χ4n) is 3.24. The Morgan fingerprint density at radius 3 is 2.00 bits per heavy atom. The number of carboxylic acids is 1. The molecule has 0 radical (unpaired) electrons. The maximum absolute atomic E-state index is 12.4. The standard InChI is InChI=1S/C20H22N2O4.Na/c21-13-5-9-15(10-6-13)26-16-11-7-14(8-12-16)22-19(23)17-3-1-2-4-18(17)20(24)25;/h5-12,17-18H,1-4,21H2,(H,22,23)(H,24,25);/q;+1/p-1/t17-,18+;/m1./s1. The van der Waals surface area contributed by atoms with Crippen molar-refractivity contribution in [2.24, 2.45) is 11.8 Å². The third-order valence-electron chi connectivity index (χ3n) is 4.64. The number of carbonyl (C=O) groups excluding carboxylic acids is 2. The van der Waals surface area contributed by atoms with Gasteiger partial charge in [0.1, 0.15) is 11.5 Å². The van der Waals surface area contributed by atoms with Gasteiger partial charge in [-0.2, -0.15) is 0 Å². The summed E-state index contributed by atoms with van der Waals surface area (Å²) in [5, 5.41) is 14.0. The van der Waals surface area contributed by atoms with Gasteiger partial charge in [0, 0.05) is 29.2 Å². The van der Waals surface area contributed by atoms with Crippen LogP contribution in [0.4, 0.5) is 11.4 Å². The van der Waals surface area contributed by atoms with E-state index in [2.05, 4.69) is 5.32 Å². The van der Waals surface area contributed by atoms with E-state index >= 15 is 0 Å². The number of aliphatic carboxylic acids is 1. The number of benzene rings is 2. The maximum atomic E-state index is 12.4. The predicted octanol–water partition coefficient (Wildman–Crippen LogP) is -0.440. The molecule has 2 aromatic carbocycles. The van der Waals surface area contributed by atoms with Crippen LogP contribution in [0.3, 0.4) is 0 Å². The molecule has 1 amide bonds. The summed E-state index contributed by atoms with van der Waals surface area (Å²) in [4.78, 5) is 23.7. The number of carbonyl (C=O) groups is 2. The molecule has 136 valence electrons. The molecule has 6 nitrogen and oxygen atoms in total. The fourth-order valence-corrected chi connectivity index (χ4v) is 3.24. The van der Waals surface area contributed by atoms with Crippen molar-refractivity contribution in [1.29, 1.82) is 0 Å². The van der Waals surface area contributed by atoms with Gasteiger partial charge in [-0.3, -0.25) is 4.79 Å². The predicted molar refractivity (Wildman–Crippen MR) is 96.5 cm³/mol. The average molecular weight is 376 g/mol. The topological polar surface area (TPSA) is 104 Å². The van der Waals surface area contributed by atoms with E-state index in [0.29, 0.717) is 35.7 Å². The van der Waals surface area contributed by atoms with E-state index in [9.17, 15) is 14.7 Å². The van der Waals surface area contributed by atoms with Crippen LogP contribution in [-0.4, -0.2) is 11.9 Å². The summed E-state index contributed by atoms with van der Waals surface area (Å²) in [5.74, 6) is -1.38. The largest absolute Gasteiger partial charge is 1.00 e. The van der Waals surface area contributed by atoms with Crippen molar-refractivity contribution in [2.45, 2.75) is 25.7 Å². The summed E-state index contributed by atoms with van der Waals surface area (Å²) in [6.45, 7) is 0. The van der Waals surface area contributed by atoms with Crippen LogP contribution in [0.15, 0.2) is 48.5 Å². The molecule has 1 aliphatic rings. The monoisotopic (exact) mass is 376 g/mol. The van der Waals surface area contributed by atoms with E-state index in [1.165, 1.54) is 0 Å². The van der Waals surface area contributed by atoms with Gasteiger partial charge in [-0.05, 0) is 61.4 Å². The Bertz CT molecular complexity index is 778. The molecule has 3 rings (SSSR count). The van der Waals surface area contributed by atoms with Gasteiger partial charge < -0.3 is 25.7 Å². The van der Waals surface area contributed by atoms with Crippen molar-refractivity contribution in [3.05, 3.63) is 48.5 Å². The third-order valence-corrected chi connectivity index (χ3v) is 4.64. The summed E-state index contributed by atoms with van der Waals surface area (Å²) < 4.78 is 5.70. The van der Waals surface area contributed by atoms with Crippen molar-refractivity contribution in [3.63, 3.8) is 0 Å². The Morgan fingerprint density at radius 1 is 0.926 bits per heavy atom. The molecule has 2 aromatic rings. The molecule has 2 atom stereocenters. The summed E-state index contributed by atoms with van der Waals surface area (Å²) in [7, 11) is 0. The number of amides is 1. The van der Waals surface area contributed by atoms with Gasteiger partial charge in [-0.1, -0.05) is 12.8 Å². The van der Waals surface area contributed by atoms with E-state index in [0.717, 1.165) is 12.8 Å². The fraction of sp³-hybridized carbons (Fsp3) is 0.300. The Balaban J connectivity index is 0.00000261. The number of nitrogen functional groups attached to an aromatic ring is 1. The molecule has 0 saturated heterocycles. The molecule has 1 aliphatic carbocycles. The Morgan fingerprint density at radius 2 is 1.44 bits per heavy atom. The zero-order valence-electron chi connectivity index (χ0n) is 15.3. The number of nitrogens with two attached hydrogens (primary N) is 1. The first kappa shape index (κ1) is 21.3. The van der Waals surface area contributed by atoms with Gasteiger partial charge in [0.15, 0.2) is 0 Å². The smallest absolute Gasteiger partial charge is 0.550 e. The summed E-state index contributed by atoms with van der Waals surface area (Å²) >= 11 is 0. The van der Waals surface area contributed by atoms with E-state index < -0.39 is 17.8 Å². The van der Waals surface area contributed by atoms with Gasteiger partial charge in [0.05, 0.1) is 0 Å². The molecular formula is C20H21N2NaO4. The Hall–Kier alpha value is -2.02. The van der Waals surface area contributed by atoms with Gasteiger partial charge in [-0.15, -0.1) is 0 Å². The number of nitrogens with one attached hydrogen (secondary N) is 1. The molecule has 0 unspecified atom stereocenters. The second kappa shape index (κ2) is 9.78. The minimum atomic E-state index is -1.14. The van der Waals surface area contributed by atoms with Gasteiger partial charge in [0.2, 0.25) is 5.91 Å². The van der Waals surface area contributed by atoms with Crippen LogP contribution in [0.2, 0.25) is 0 Å². The molecule has 3 N–H and O–H groups in total. The van der Waals surface area contributed by atoms with Gasteiger partial charge in [-0.25, -0.2) is 0 Å². The molecule has 1 saturated carbocycles. The summed E-state index contributed by atoms with van der Waals surface area (Å²) in [6, 6.07) is 14.0. The van der Waals surface area contributed by atoms with Crippen molar-refractivity contribution in [2.75, 3.05) is 11.1 Å². The van der Waals surface area contributed by atoms with Crippen LogP contribution < -0.4 is 50.5 Å².